The summed E-state index contributed by atoms with van der Waals surface area (Å²) < 4.78 is 26.2. The zero-order valence-electron chi connectivity index (χ0n) is 7.28. The number of hydrogen-bond acceptors (Lipinski definition) is 3. The van der Waals surface area contributed by atoms with Crippen molar-refractivity contribution in [1.82, 2.24) is 15.0 Å². The molecule has 0 aliphatic heterocycles. The SMILES string of the molecule is Fc1cncc(-c2ncnc(Cl)c2F)c1. The monoisotopic (exact) mass is 227 g/mol. The Morgan fingerprint density at radius 1 is 1.13 bits per heavy atom. The van der Waals surface area contributed by atoms with Crippen LogP contribution in [0.15, 0.2) is 24.8 Å². The van der Waals surface area contributed by atoms with Gasteiger partial charge in [-0.15, -0.1) is 0 Å². The Labute approximate surface area is 88.8 Å². The molecule has 0 N–H and O–H groups in total. The van der Waals surface area contributed by atoms with Crippen molar-refractivity contribution in [3.05, 3.63) is 41.6 Å². The molecule has 0 aliphatic rings. The summed E-state index contributed by atoms with van der Waals surface area (Å²) in [5.41, 5.74) is 0.152. The van der Waals surface area contributed by atoms with Crippen LogP contribution >= 0.6 is 11.6 Å². The standard InChI is InChI=1S/C9H4ClF2N3/c10-9-7(12)8(14-4-15-9)5-1-6(11)3-13-2-5/h1-4H. The quantitative estimate of drug-likeness (QED) is 0.703. The van der Waals surface area contributed by atoms with Gasteiger partial charge < -0.3 is 0 Å². The highest BCUT2D eigenvalue weighted by molar-refractivity contribution is 6.29. The molecule has 76 valence electrons. The van der Waals surface area contributed by atoms with E-state index in [4.69, 9.17) is 11.6 Å². The molecule has 0 saturated heterocycles. The van der Waals surface area contributed by atoms with E-state index in [0.29, 0.717) is 0 Å². The second-order valence-electron chi connectivity index (χ2n) is 2.72. The van der Waals surface area contributed by atoms with E-state index in [1.807, 2.05) is 0 Å². The zero-order valence-corrected chi connectivity index (χ0v) is 8.04. The maximum Gasteiger partial charge on any atom is 0.186 e. The van der Waals surface area contributed by atoms with Crippen LogP contribution in [0.1, 0.15) is 0 Å². The maximum absolute atomic E-state index is 13.4. The Bertz CT molecular complexity index is 504. The minimum atomic E-state index is -0.786. The van der Waals surface area contributed by atoms with E-state index in [1.165, 1.54) is 6.20 Å². The van der Waals surface area contributed by atoms with Crippen molar-refractivity contribution in [2.24, 2.45) is 0 Å². The first kappa shape index (κ1) is 9.92. The second-order valence-corrected chi connectivity index (χ2v) is 3.08. The smallest absolute Gasteiger partial charge is 0.186 e. The van der Waals surface area contributed by atoms with Crippen LogP contribution in [0, 0.1) is 11.6 Å². The van der Waals surface area contributed by atoms with Gasteiger partial charge in [0.25, 0.3) is 0 Å². The third-order valence-electron chi connectivity index (χ3n) is 1.73. The van der Waals surface area contributed by atoms with Crippen LogP contribution in [0.4, 0.5) is 8.78 Å². The zero-order chi connectivity index (χ0) is 10.8. The van der Waals surface area contributed by atoms with Crippen molar-refractivity contribution in [1.29, 1.82) is 0 Å². The van der Waals surface area contributed by atoms with Gasteiger partial charge in [0.15, 0.2) is 11.0 Å². The Hall–Kier alpha value is -1.62. The fraction of sp³-hybridized carbons (Fsp3) is 0. The lowest BCUT2D eigenvalue weighted by molar-refractivity contribution is 0.613. The number of rotatable bonds is 1. The van der Waals surface area contributed by atoms with Crippen LogP contribution in [0.25, 0.3) is 11.3 Å². The molecule has 2 heterocycles. The molecule has 0 fully saturated rings. The van der Waals surface area contributed by atoms with Gasteiger partial charge in [0, 0.05) is 11.8 Å². The molecule has 2 rings (SSSR count). The Balaban J connectivity index is 2.59. The summed E-state index contributed by atoms with van der Waals surface area (Å²) in [6.07, 6.45) is 3.42. The predicted molar refractivity (Wildman–Crippen MR) is 50.2 cm³/mol. The molecule has 3 nitrogen and oxygen atoms in total. The van der Waals surface area contributed by atoms with E-state index in [1.54, 1.807) is 0 Å². The number of aromatic nitrogens is 3. The fourth-order valence-corrected chi connectivity index (χ4v) is 1.22. The number of pyridine rings is 1. The molecule has 0 saturated carbocycles. The molecule has 0 radical (unpaired) electrons. The lowest BCUT2D eigenvalue weighted by Crippen LogP contribution is -1.93. The molecule has 2 aromatic heterocycles. The Morgan fingerprint density at radius 2 is 1.93 bits per heavy atom. The lowest BCUT2D eigenvalue weighted by atomic mass is 10.2. The molecule has 0 atom stereocenters. The minimum absolute atomic E-state index is 0.0676. The van der Waals surface area contributed by atoms with Crippen LogP contribution in [-0.2, 0) is 0 Å². The van der Waals surface area contributed by atoms with Crippen molar-refractivity contribution in [2.45, 2.75) is 0 Å². The highest BCUT2D eigenvalue weighted by atomic mass is 35.5. The largest absolute Gasteiger partial charge is 0.261 e. The first-order valence-electron chi connectivity index (χ1n) is 3.95. The predicted octanol–water partition coefficient (Wildman–Crippen LogP) is 2.47. The lowest BCUT2D eigenvalue weighted by Gasteiger charge is -2.01. The van der Waals surface area contributed by atoms with Gasteiger partial charge in [0.2, 0.25) is 0 Å². The van der Waals surface area contributed by atoms with Crippen LogP contribution in [0.5, 0.6) is 0 Å². The van der Waals surface area contributed by atoms with Crippen molar-refractivity contribution >= 4 is 11.6 Å². The first-order chi connectivity index (χ1) is 7.18. The summed E-state index contributed by atoms with van der Waals surface area (Å²) in [4.78, 5) is 10.7. The van der Waals surface area contributed by atoms with E-state index in [0.717, 1.165) is 18.6 Å². The van der Waals surface area contributed by atoms with E-state index >= 15 is 0 Å². The highest BCUT2D eigenvalue weighted by Gasteiger charge is 2.11. The molecule has 0 aliphatic carbocycles. The van der Waals surface area contributed by atoms with Gasteiger partial charge in [0.1, 0.15) is 17.8 Å². The maximum atomic E-state index is 13.4. The van der Waals surface area contributed by atoms with Gasteiger partial charge in [-0.25, -0.2) is 18.7 Å². The highest BCUT2D eigenvalue weighted by Crippen LogP contribution is 2.23. The van der Waals surface area contributed by atoms with Crippen LogP contribution in [0.3, 0.4) is 0 Å². The number of hydrogen-bond donors (Lipinski definition) is 0. The topological polar surface area (TPSA) is 38.7 Å². The first-order valence-corrected chi connectivity index (χ1v) is 4.33. The van der Waals surface area contributed by atoms with Gasteiger partial charge in [-0.05, 0) is 6.07 Å². The molecular formula is C9H4ClF2N3. The fourth-order valence-electron chi connectivity index (χ4n) is 1.09. The summed E-state index contributed by atoms with van der Waals surface area (Å²) in [7, 11) is 0. The molecule has 0 amide bonds. The third kappa shape index (κ3) is 1.92. The summed E-state index contributed by atoms with van der Waals surface area (Å²) >= 11 is 5.46. The van der Waals surface area contributed by atoms with Crippen LogP contribution in [-0.4, -0.2) is 15.0 Å². The molecule has 0 bridgehead atoms. The second kappa shape index (κ2) is 3.86. The van der Waals surface area contributed by atoms with Gasteiger partial charge in [-0.1, -0.05) is 11.6 Å². The van der Waals surface area contributed by atoms with Crippen LogP contribution in [0.2, 0.25) is 5.15 Å². The number of halogens is 3. The molecule has 6 heteroatoms. The Kier molecular flexibility index (Phi) is 2.55. The van der Waals surface area contributed by atoms with Gasteiger partial charge >= 0.3 is 0 Å². The van der Waals surface area contributed by atoms with E-state index in [9.17, 15) is 8.78 Å². The molecular weight excluding hydrogens is 224 g/mol. The van der Waals surface area contributed by atoms with Crippen LogP contribution < -0.4 is 0 Å². The normalized spacial score (nSPS) is 10.3. The van der Waals surface area contributed by atoms with E-state index < -0.39 is 11.6 Å². The molecule has 15 heavy (non-hydrogen) atoms. The van der Waals surface area contributed by atoms with E-state index in [-0.39, 0.29) is 16.4 Å². The van der Waals surface area contributed by atoms with Crippen molar-refractivity contribution in [3.8, 4) is 11.3 Å². The summed E-state index contributed by atoms with van der Waals surface area (Å²) in [5.74, 6) is -1.35. The molecule has 0 unspecified atom stereocenters. The summed E-state index contributed by atoms with van der Waals surface area (Å²) in [6.45, 7) is 0. The Morgan fingerprint density at radius 3 is 2.67 bits per heavy atom. The number of nitrogens with zero attached hydrogens (tertiary/aromatic N) is 3. The minimum Gasteiger partial charge on any atom is -0.261 e. The van der Waals surface area contributed by atoms with E-state index in [2.05, 4.69) is 15.0 Å². The molecule has 0 aromatic carbocycles. The van der Waals surface area contributed by atoms with Crippen molar-refractivity contribution in [3.63, 3.8) is 0 Å². The third-order valence-corrected chi connectivity index (χ3v) is 1.99. The molecule has 2 aromatic rings. The average Bonchev–Trinajstić information content (AvgIpc) is 2.22. The summed E-state index contributed by atoms with van der Waals surface area (Å²) in [5, 5.41) is -0.302. The average molecular weight is 228 g/mol. The van der Waals surface area contributed by atoms with Gasteiger partial charge in [-0.3, -0.25) is 4.98 Å². The van der Waals surface area contributed by atoms with Gasteiger partial charge in [0.05, 0.1) is 6.20 Å². The molecule has 0 spiro atoms. The van der Waals surface area contributed by atoms with Gasteiger partial charge in [-0.2, -0.15) is 0 Å². The van der Waals surface area contributed by atoms with Crippen molar-refractivity contribution < 1.29 is 8.78 Å². The van der Waals surface area contributed by atoms with Crippen molar-refractivity contribution in [2.75, 3.05) is 0 Å². The summed E-state index contributed by atoms with van der Waals surface area (Å²) in [6, 6.07) is 1.12.